The summed E-state index contributed by atoms with van der Waals surface area (Å²) in [6.07, 6.45) is 1.03. The molecule has 0 aliphatic rings. The van der Waals surface area contributed by atoms with Crippen LogP contribution in [0.3, 0.4) is 0 Å². The van der Waals surface area contributed by atoms with Gasteiger partial charge in [-0.05, 0) is 30.7 Å². The zero-order chi connectivity index (χ0) is 19.4. The topological polar surface area (TPSA) is 106 Å². The summed E-state index contributed by atoms with van der Waals surface area (Å²) in [4.78, 5) is -0.301. The van der Waals surface area contributed by atoms with E-state index in [2.05, 4.69) is 29.6 Å². The van der Waals surface area contributed by atoms with Crippen LogP contribution < -0.4 is 10.5 Å². The van der Waals surface area contributed by atoms with E-state index in [0.717, 1.165) is 23.8 Å². The van der Waals surface area contributed by atoms with Gasteiger partial charge in [0.1, 0.15) is 0 Å². The molecule has 142 valence electrons. The lowest BCUT2D eigenvalue weighted by molar-refractivity contribution is 0.597. The monoisotopic (exact) mass is 414 g/mol. The molecule has 3 N–H and O–H groups in total. The maximum absolute atomic E-state index is 12.0. The number of anilines is 1. The number of thioether (sulfide) groups is 1. The Morgan fingerprint density at radius 3 is 2.27 bits per heavy atom. The summed E-state index contributed by atoms with van der Waals surface area (Å²) >= 11 is 1.72. The third-order valence-corrected chi connectivity index (χ3v) is 6.71. The number of benzene rings is 2. The van der Waals surface area contributed by atoms with Crippen LogP contribution in [0.25, 0.3) is 0 Å². The molecule has 0 amide bonds. The Morgan fingerprint density at radius 2 is 1.69 bits per heavy atom. The summed E-state index contributed by atoms with van der Waals surface area (Å²) in [6.45, 7) is 2.59. The molecular weight excluding hydrogens is 392 g/mol. The van der Waals surface area contributed by atoms with E-state index in [4.69, 9.17) is 5.14 Å². The van der Waals surface area contributed by atoms with Crippen molar-refractivity contribution in [1.29, 1.82) is 0 Å². The highest BCUT2D eigenvalue weighted by atomic mass is 32.2. The van der Waals surface area contributed by atoms with Gasteiger partial charge in [-0.1, -0.05) is 29.8 Å². The van der Waals surface area contributed by atoms with Gasteiger partial charge >= 0.3 is 0 Å². The van der Waals surface area contributed by atoms with Crippen LogP contribution in [0.2, 0.25) is 0 Å². The average Bonchev–Trinajstić information content (AvgIpc) is 2.54. The Labute approximate surface area is 159 Å². The first-order valence-corrected chi connectivity index (χ1v) is 12.4. The molecule has 0 aromatic heterocycles. The fraction of sp³-hybridized carbons (Fsp3) is 0.294. The normalized spacial score (nSPS) is 12.1. The van der Waals surface area contributed by atoms with Gasteiger partial charge in [-0.15, -0.1) is 0 Å². The van der Waals surface area contributed by atoms with E-state index in [9.17, 15) is 16.8 Å². The predicted octanol–water partition coefficient (Wildman–Crippen LogP) is 2.39. The van der Waals surface area contributed by atoms with Crippen molar-refractivity contribution in [2.24, 2.45) is 5.14 Å². The Kier molecular flexibility index (Phi) is 6.73. The SMILES string of the molecule is Cc1ccc(CSCCNc2ccc(S(N)(=O)=O)cc2S(C)(=O)=O)cc1. The number of sulfone groups is 1. The van der Waals surface area contributed by atoms with Crippen LogP contribution >= 0.6 is 11.8 Å². The van der Waals surface area contributed by atoms with Gasteiger partial charge in [0, 0.05) is 24.3 Å². The van der Waals surface area contributed by atoms with Crippen LogP contribution in [-0.2, 0) is 25.6 Å². The van der Waals surface area contributed by atoms with Gasteiger partial charge in [-0.2, -0.15) is 11.8 Å². The Balaban J connectivity index is 1.99. The van der Waals surface area contributed by atoms with Crippen molar-refractivity contribution in [1.82, 2.24) is 0 Å². The Hall–Kier alpha value is -1.55. The molecule has 2 rings (SSSR count). The summed E-state index contributed by atoms with van der Waals surface area (Å²) in [5.41, 5.74) is 2.82. The molecule has 0 spiro atoms. The van der Waals surface area contributed by atoms with E-state index in [0.29, 0.717) is 12.2 Å². The number of nitrogens with two attached hydrogens (primary N) is 1. The van der Waals surface area contributed by atoms with E-state index in [1.165, 1.54) is 23.3 Å². The third-order valence-electron chi connectivity index (χ3n) is 3.63. The van der Waals surface area contributed by atoms with Crippen molar-refractivity contribution >= 4 is 37.3 Å². The summed E-state index contributed by atoms with van der Waals surface area (Å²) in [6, 6.07) is 12.1. The van der Waals surface area contributed by atoms with Crippen molar-refractivity contribution in [2.45, 2.75) is 22.5 Å². The van der Waals surface area contributed by atoms with E-state index in [1.807, 2.05) is 6.92 Å². The van der Waals surface area contributed by atoms with E-state index < -0.39 is 19.9 Å². The zero-order valence-corrected chi connectivity index (χ0v) is 17.0. The number of aryl methyl sites for hydroxylation is 1. The number of sulfonamides is 1. The molecular formula is C17H22N2O4S3. The zero-order valence-electron chi connectivity index (χ0n) is 14.6. The highest BCUT2D eigenvalue weighted by Crippen LogP contribution is 2.24. The van der Waals surface area contributed by atoms with E-state index in [1.54, 1.807) is 11.8 Å². The Morgan fingerprint density at radius 1 is 1.04 bits per heavy atom. The van der Waals surface area contributed by atoms with Gasteiger partial charge < -0.3 is 5.32 Å². The molecule has 2 aromatic carbocycles. The van der Waals surface area contributed by atoms with Crippen LogP contribution in [0.15, 0.2) is 52.3 Å². The van der Waals surface area contributed by atoms with Crippen molar-refractivity contribution < 1.29 is 16.8 Å². The van der Waals surface area contributed by atoms with E-state index >= 15 is 0 Å². The van der Waals surface area contributed by atoms with Gasteiger partial charge in [-0.3, -0.25) is 0 Å². The third kappa shape index (κ3) is 6.01. The van der Waals surface area contributed by atoms with E-state index in [-0.39, 0.29) is 9.79 Å². The number of rotatable bonds is 8. The van der Waals surface area contributed by atoms with Crippen LogP contribution in [-0.4, -0.2) is 35.4 Å². The summed E-state index contributed by atoms with van der Waals surface area (Å²) in [5.74, 6) is 1.64. The second-order valence-electron chi connectivity index (χ2n) is 5.94. The maximum atomic E-state index is 12.0. The second-order valence-corrected chi connectivity index (χ2v) is 10.6. The summed E-state index contributed by atoms with van der Waals surface area (Å²) in [7, 11) is -7.56. The molecule has 0 atom stereocenters. The molecule has 2 aromatic rings. The molecule has 0 aliphatic carbocycles. The lowest BCUT2D eigenvalue weighted by atomic mass is 10.2. The predicted molar refractivity (Wildman–Crippen MR) is 107 cm³/mol. The van der Waals surface area contributed by atoms with Crippen molar-refractivity contribution in [3.05, 3.63) is 53.6 Å². The average molecular weight is 415 g/mol. The molecule has 0 saturated carbocycles. The number of hydrogen-bond donors (Lipinski definition) is 2. The summed E-state index contributed by atoms with van der Waals surface area (Å²) < 4.78 is 46.8. The molecule has 0 unspecified atom stereocenters. The second kappa shape index (κ2) is 8.43. The standard InChI is InChI=1S/C17H22N2O4S3/c1-13-3-5-14(6-4-13)12-24-10-9-19-16-8-7-15(26(18,22)23)11-17(16)25(2,20)21/h3-8,11,19H,9-10,12H2,1-2H3,(H2,18,22,23). The first-order chi connectivity index (χ1) is 12.1. The first-order valence-electron chi connectivity index (χ1n) is 7.81. The molecule has 0 heterocycles. The molecule has 0 bridgehead atoms. The minimum Gasteiger partial charge on any atom is -0.383 e. The lowest BCUT2D eigenvalue weighted by Crippen LogP contribution is -2.14. The largest absolute Gasteiger partial charge is 0.383 e. The number of primary sulfonamides is 1. The molecule has 0 radical (unpaired) electrons. The minimum absolute atomic E-state index is 0.0763. The molecule has 9 heteroatoms. The highest BCUT2D eigenvalue weighted by Gasteiger charge is 2.18. The van der Waals surface area contributed by atoms with Crippen LogP contribution in [0.1, 0.15) is 11.1 Å². The summed E-state index contributed by atoms with van der Waals surface area (Å²) in [5, 5.41) is 8.14. The molecule has 6 nitrogen and oxygen atoms in total. The lowest BCUT2D eigenvalue weighted by Gasteiger charge is -2.12. The van der Waals surface area contributed by atoms with Crippen LogP contribution in [0.5, 0.6) is 0 Å². The fourth-order valence-corrected chi connectivity index (χ4v) is 4.58. The number of nitrogens with one attached hydrogen (secondary N) is 1. The maximum Gasteiger partial charge on any atom is 0.238 e. The highest BCUT2D eigenvalue weighted by molar-refractivity contribution is 7.98. The smallest absolute Gasteiger partial charge is 0.238 e. The quantitative estimate of drug-likeness (QED) is 0.643. The molecule has 0 fully saturated rings. The Bertz CT molecular complexity index is 970. The van der Waals surface area contributed by atoms with Crippen molar-refractivity contribution in [2.75, 3.05) is 23.9 Å². The fourth-order valence-electron chi connectivity index (χ4n) is 2.26. The van der Waals surface area contributed by atoms with Gasteiger partial charge in [0.25, 0.3) is 0 Å². The van der Waals surface area contributed by atoms with Crippen LogP contribution in [0.4, 0.5) is 5.69 Å². The molecule has 26 heavy (non-hydrogen) atoms. The van der Waals surface area contributed by atoms with Crippen molar-refractivity contribution in [3.8, 4) is 0 Å². The molecule has 0 aliphatic heterocycles. The first kappa shape index (κ1) is 20.8. The minimum atomic E-state index is -3.96. The number of hydrogen-bond acceptors (Lipinski definition) is 6. The van der Waals surface area contributed by atoms with Crippen LogP contribution in [0, 0.1) is 6.92 Å². The molecule has 0 saturated heterocycles. The van der Waals surface area contributed by atoms with Gasteiger partial charge in [-0.25, -0.2) is 22.0 Å². The van der Waals surface area contributed by atoms with Gasteiger partial charge in [0.2, 0.25) is 10.0 Å². The van der Waals surface area contributed by atoms with Gasteiger partial charge in [0.15, 0.2) is 9.84 Å². The van der Waals surface area contributed by atoms with Crippen molar-refractivity contribution in [3.63, 3.8) is 0 Å². The van der Waals surface area contributed by atoms with Gasteiger partial charge in [0.05, 0.1) is 15.5 Å².